The molecule has 2 aromatic rings. The Hall–Kier alpha value is -2.25. The summed E-state index contributed by atoms with van der Waals surface area (Å²) < 4.78 is 26.7. The maximum atomic E-state index is 13.2. The topological polar surface area (TPSA) is 65.4 Å². The van der Waals surface area contributed by atoms with E-state index < -0.39 is 5.79 Å². The first-order valence-corrected chi connectivity index (χ1v) is 9.40. The number of halogens is 1. The summed E-state index contributed by atoms with van der Waals surface area (Å²) >= 11 is 0. The fraction of sp³-hybridized carbons (Fsp3) is 0.500. The lowest BCUT2D eigenvalue weighted by Crippen LogP contribution is -2.35. The number of carbonyl (C=O) groups is 1. The standard InChI is InChI=1S/C20H24FN3O3/c1-13-18(14(2)24(23-13)16-7-5-15(21)6-8-16)19(25)22-11-17-12-26-20(27-17)9-3-4-10-20/h5-8,17H,3-4,9-12H2,1-2H3,(H,22,25). The van der Waals surface area contributed by atoms with E-state index in [1.165, 1.54) is 12.1 Å². The molecule has 2 heterocycles. The van der Waals surface area contributed by atoms with Crippen molar-refractivity contribution in [2.24, 2.45) is 0 Å². The second-order valence-corrected chi connectivity index (χ2v) is 7.31. The number of aryl methyl sites for hydroxylation is 1. The van der Waals surface area contributed by atoms with Gasteiger partial charge < -0.3 is 14.8 Å². The van der Waals surface area contributed by atoms with Crippen molar-refractivity contribution in [3.63, 3.8) is 0 Å². The van der Waals surface area contributed by atoms with Crippen molar-refractivity contribution in [2.75, 3.05) is 13.2 Å². The molecule has 6 nitrogen and oxygen atoms in total. The third kappa shape index (κ3) is 3.49. The normalized spacial score (nSPS) is 21.1. The van der Waals surface area contributed by atoms with Gasteiger partial charge in [0.1, 0.15) is 11.9 Å². The quantitative estimate of drug-likeness (QED) is 0.895. The molecular weight excluding hydrogens is 349 g/mol. The van der Waals surface area contributed by atoms with Crippen molar-refractivity contribution < 1.29 is 18.7 Å². The average Bonchev–Trinajstić information content (AvgIpc) is 3.35. The SMILES string of the molecule is Cc1nn(-c2ccc(F)cc2)c(C)c1C(=O)NCC1COC2(CCCC2)O1. The van der Waals surface area contributed by atoms with Crippen LogP contribution in [-0.4, -0.2) is 40.7 Å². The van der Waals surface area contributed by atoms with Gasteiger partial charge in [-0.25, -0.2) is 9.07 Å². The molecule has 1 N–H and O–H groups in total. The highest BCUT2D eigenvalue weighted by atomic mass is 19.1. The molecule has 144 valence electrons. The van der Waals surface area contributed by atoms with Crippen LogP contribution in [0.5, 0.6) is 0 Å². The van der Waals surface area contributed by atoms with Crippen LogP contribution in [0.2, 0.25) is 0 Å². The van der Waals surface area contributed by atoms with E-state index in [2.05, 4.69) is 10.4 Å². The first-order valence-electron chi connectivity index (χ1n) is 9.40. The molecule has 1 atom stereocenters. The summed E-state index contributed by atoms with van der Waals surface area (Å²) in [7, 11) is 0. The van der Waals surface area contributed by atoms with Gasteiger partial charge in [0.15, 0.2) is 5.79 Å². The predicted molar refractivity (Wildman–Crippen MR) is 97.4 cm³/mol. The first kappa shape index (κ1) is 18.1. The lowest BCUT2D eigenvalue weighted by atomic mass is 10.1. The van der Waals surface area contributed by atoms with Gasteiger partial charge >= 0.3 is 0 Å². The molecule has 1 aromatic carbocycles. The molecule has 0 bridgehead atoms. The number of benzene rings is 1. The number of hydrogen-bond donors (Lipinski definition) is 1. The number of carbonyl (C=O) groups excluding carboxylic acids is 1. The van der Waals surface area contributed by atoms with Crippen molar-refractivity contribution in [1.29, 1.82) is 0 Å². The first-order chi connectivity index (χ1) is 13.0. The molecule has 1 spiro atoms. The molecule has 1 saturated heterocycles. The molecule has 1 amide bonds. The summed E-state index contributed by atoms with van der Waals surface area (Å²) in [6.45, 7) is 4.54. The van der Waals surface area contributed by atoms with Crippen molar-refractivity contribution in [3.8, 4) is 5.69 Å². The smallest absolute Gasteiger partial charge is 0.255 e. The van der Waals surface area contributed by atoms with Crippen LogP contribution in [0.1, 0.15) is 47.4 Å². The lowest BCUT2D eigenvalue weighted by Gasteiger charge is -2.21. The number of ether oxygens (including phenoxy) is 2. The van der Waals surface area contributed by atoms with Crippen molar-refractivity contribution in [3.05, 3.63) is 47.0 Å². The molecule has 1 aliphatic heterocycles. The van der Waals surface area contributed by atoms with Crippen LogP contribution in [0.15, 0.2) is 24.3 Å². The number of hydrogen-bond acceptors (Lipinski definition) is 4. The van der Waals surface area contributed by atoms with Crippen LogP contribution in [0.4, 0.5) is 4.39 Å². The Bertz CT molecular complexity index is 841. The van der Waals surface area contributed by atoms with Gasteiger partial charge in [-0.2, -0.15) is 5.10 Å². The number of nitrogens with zero attached hydrogens (tertiary/aromatic N) is 2. The monoisotopic (exact) mass is 373 g/mol. The van der Waals surface area contributed by atoms with E-state index in [0.29, 0.717) is 35.8 Å². The minimum Gasteiger partial charge on any atom is -0.349 e. The van der Waals surface area contributed by atoms with Crippen LogP contribution >= 0.6 is 0 Å². The fourth-order valence-corrected chi connectivity index (χ4v) is 3.99. The molecule has 1 saturated carbocycles. The second-order valence-electron chi connectivity index (χ2n) is 7.31. The number of rotatable bonds is 4. The maximum Gasteiger partial charge on any atom is 0.255 e. The minimum atomic E-state index is -0.422. The van der Waals surface area contributed by atoms with Crippen molar-refractivity contribution >= 4 is 5.91 Å². The van der Waals surface area contributed by atoms with Crippen molar-refractivity contribution in [1.82, 2.24) is 15.1 Å². The van der Waals surface area contributed by atoms with Gasteiger partial charge in [0.05, 0.1) is 29.2 Å². The van der Waals surface area contributed by atoms with Gasteiger partial charge in [-0.05, 0) is 51.0 Å². The minimum absolute atomic E-state index is 0.125. The molecule has 4 rings (SSSR count). The summed E-state index contributed by atoms with van der Waals surface area (Å²) in [5, 5.41) is 7.39. The zero-order valence-electron chi connectivity index (χ0n) is 15.6. The Kier molecular flexibility index (Phi) is 4.74. The van der Waals surface area contributed by atoms with Crippen LogP contribution in [0, 0.1) is 19.7 Å². The highest BCUT2D eigenvalue weighted by molar-refractivity contribution is 5.96. The third-order valence-corrected chi connectivity index (χ3v) is 5.36. The molecule has 2 fully saturated rings. The van der Waals surface area contributed by atoms with E-state index in [9.17, 15) is 9.18 Å². The van der Waals surface area contributed by atoms with Gasteiger partial charge in [-0.3, -0.25) is 4.79 Å². The Morgan fingerprint density at radius 2 is 2.00 bits per heavy atom. The summed E-state index contributed by atoms with van der Waals surface area (Å²) in [6.07, 6.45) is 3.99. The molecule has 7 heteroatoms. The second kappa shape index (κ2) is 7.05. The molecule has 2 aliphatic rings. The van der Waals surface area contributed by atoms with Crippen molar-refractivity contribution in [2.45, 2.75) is 51.4 Å². The van der Waals surface area contributed by atoms with Gasteiger partial charge in [0.2, 0.25) is 0 Å². The highest BCUT2D eigenvalue weighted by Crippen LogP contribution is 2.39. The lowest BCUT2D eigenvalue weighted by molar-refractivity contribution is -0.161. The van der Waals surface area contributed by atoms with Crippen LogP contribution in [0.25, 0.3) is 5.69 Å². The van der Waals surface area contributed by atoms with Crippen LogP contribution in [0.3, 0.4) is 0 Å². The molecule has 0 radical (unpaired) electrons. The van der Waals surface area contributed by atoms with Gasteiger partial charge in [-0.15, -0.1) is 0 Å². The zero-order chi connectivity index (χ0) is 19.0. The third-order valence-electron chi connectivity index (χ3n) is 5.36. The van der Waals surface area contributed by atoms with E-state index in [1.807, 2.05) is 6.92 Å². The number of amides is 1. The van der Waals surface area contributed by atoms with Crippen LogP contribution < -0.4 is 5.32 Å². The van der Waals surface area contributed by atoms with E-state index in [1.54, 1.807) is 23.7 Å². The molecular formula is C20H24FN3O3. The van der Waals surface area contributed by atoms with E-state index in [4.69, 9.17) is 9.47 Å². The van der Waals surface area contributed by atoms with Gasteiger partial charge in [-0.1, -0.05) is 0 Å². The van der Waals surface area contributed by atoms with Crippen LogP contribution in [-0.2, 0) is 9.47 Å². The number of nitrogens with one attached hydrogen (secondary N) is 1. The molecule has 1 unspecified atom stereocenters. The summed E-state index contributed by atoms with van der Waals surface area (Å²) in [6, 6.07) is 6.03. The van der Waals surface area contributed by atoms with E-state index in [-0.39, 0.29) is 17.8 Å². The summed E-state index contributed by atoms with van der Waals surface area (Å²) in [5.41, 5.74) is 2.60. The Morgan fingerprint density at radius 3 is 2.70 bits per heavy atom. The Balaban J connectivity index is 1.44. The zero-order valence-corrected chi connectivity index (χ0v) is 15.6. The van der Waals surface area contributed by atoms with E-state index >= 15 is 0 Å². The number of aromatic nitrogens is 2. The Labute approximate surface area is 157 Å². The van der Waals surface area contributed by atoms with E-state index in [0.717, 1.165) is 25.7 Å². The Morgan fingerprint density at radius 1 is 1.30 bits per heavy atom. The largest absolute Gasteiger partial charge is 0.349 e. The maximum absolute atomic E-state index is 13.2. The van der Waals surface area contributed by atoms with Gasteiger partial charge in [0.25, 0.3) is 5.91 Å². The fourth-order valence-electron chi connectivity index (χ4n) is 3.99. The molecule has 27 heavy (non-hydrogen) atoms. The molecule has 1 aromatic heterocycles. The average molecular weight is 373 g/mol. The predicted octanol–water partition coefficient (Wildman–Crippen LogP) is 3.04. The summed E-state index contributed by atoms with van der Waals surface area (Å²) in [4.78, 5) is 12.7. The highest BCUT2D eigenvalue weighted by Gasteiger charge is 2.43. The van der Waals surface area contributed by atoms with Gasteiger partial charge in [0, 0.05) is 19.4 Å². The summed E-state index contributed by atoms with van der Waals surface area (Å²) in [5.74, 6) is -0.916. The molecule has 1 aliphatic carbocycles.